The van der Waals surface area contributed by atoms with E-state index in [2.05, 4.69) is 54.9 Å². The maximum atomic E-state index is 14.1. The number of anilines is 4. The fraction of sp³-hybridized carbons (Fsp3) is 0.542. The van der Waals surface area contributed by atoms with Crippen LogP contribution in [0.15, 0.2) is 30.4 Å². The number of hydrogen-bond donors (Lipinski definition) is 3. The van der Waals surface area contributed by atoms with Gasteiger partial charge in [0.2, 0.25) is 17.8 Å². The summed E-state index contributed by atoms with van der Waals surface area (Å²) in [5.74, 6) is 1.58. The number of likely N-dealkylation sites (tertiary alicyclic amines) is 1. The van der Waals surface area contributed by atoms with E-state index >= 15 is 0 Å². The number of aromatic nitrogens is 3. The molecule has 8 nitrogen and oxygen atoms in total. The third-order valence-electron chi connectivity index (χ3n) is 6.32. The Morgan fingerprint density at radius 1 is 1.06 bits per heavy atom. The molecular formula is C24H34FN7O. The zero-order valence-electron chi connectivity index (χ0n) is 19.5. The number of likely N-dealkylation sites (N-methyl/N-ethyl adjacent to an activating group) is 1. The second-order valence-electron chi connectivity index (χ2n) is 8.59. The molecule has 1 saturated heterocycles. The highest BCUT2D eigenvalue weighted by molar-refractivity contribution is 5.57. The SMILES string of the molecule is CCN1CCCC1CNc1nc(NCC2C=CCCC2)nc(Nc2ccc(OC)c(F)c2)n1. The second kappa shape index (κ2) is 11.3. The van der Waals surface area contributed by atoms with Crippen molar-refractivity contribution in [2.24, 2.45) is 5.92 Å². The molecule has 1 aromatic heterocycles. The number of nitrogens with one attached hydrogen (secondary N) is 3. The van der Waals surface area contributed by atoms with Gasteiger partial charge in [-0.05, 0) is 63.2 Å². The topological polar surface area (TPSA) is 87.2 Å². The lowest BCUT2D eigenvalue weighted by Gasteiger charge is -2.23. The first-order valence-electron chi connectivity index (χ1n) is 11.9. The van der Waals surface area contributed by atoms with E-state index in [4.69, 9.17) is 4.74 Å². The van der Waals surface area contributed by atoms with E-state index in [9.17, 15) is 4.39 Å². The molecule has 2 aromatic rings. The van der Waals surface area contributed by atoms with E-state index in [-0.39, 0.29) is 5.75 Å². The lowest BCUT2D eigenvalue weighted by molar-refractivity contribution is 0.277. The molecule has 0 bridgehead atoms. The van der Waals surface area contributed by atoms with Crippen LogP contribution in [-0.4, -0.2) is 59.2 Å². The predicted molar refractivity (Wildman–Crippen MR) is 130 cm³/mol. The zero-order valence-corrected chi connectivity index (χ0v) is 19.5. The highest BCUT2D eigenvalue weighted by Gasteiger charge is 2.23. The van der Waals surface area contributed by atoms with Crippen LogP contribution >= 0.6 is 0 Å². The average molecular weight is 456 g/mol. The monoisotopic (exact) mass is 455 g/mol. The van der Waals surface area contributed by atoms with Crippen molar-refractivity contribution in [2.45, 2.75) is 45.1 Å². The molecule has 1 aromatic carbocycles. The van der Waals surface area contributed by atoms with Crippen molar-refractivity contribution < 1.29 is 9.13 Å². The minimum absolute atomic E-state index is 0.193. The van der Waals surface area contributed by atoms with Gasteiger partial charge in [0.05, 0.1) is 7.11 Å². The molecule has 2 atom stereocenters. The summed E-state index contributed by atoms with van der Waals surface area (Å²) in [6, 6.07) is 5.15. The predicted octanol–water partition coefficient (Wildman–Crippen LogP) is 4.43. The number of ether oxygens (including phenoxy) is 1. The number of halogens is 1. The lowest BCUT2D eigenvalue weighted by Crippen LogP contribution is -2.35. The van der Waals surface area contributed by atoms with Gasteiger partial charge in [-0.1, -0.05) is 19.1 Å². The fourth-order valence-electron chi connectivity index (χ4n) is 4.49. The molecule has 0 saturated carbocycles. The van der Waals surface area contributed by atoms with Crippen molar-refractivity contribution in [1.82, 2.24) is 19.9 Å². The number of nitrogens with zero attached hydrogens (tertiary/aromatic N) is 4. The Morgan fingerprint density at radius 3 is 2.55 bits per heavy atom. The largest absolute Gasteiger partial charge is 0.494 e. The first-order chi connectivity index (χ1) is 16.1. The molecule has 2 unspecified atom stereocenters. The summed E-state index contributed by atoms with van der Waals surface area (Å²) < 4.78 is 19.2. The molecular weight excluding hydrogens is 421 g/mol. The van der Waals surface area contributed by atoms with E-state index in [1.807, 2.05) is 0 Å². The Hall–Kier alpha value is -2.94. The van der Waals surface area contributed by atoms with E-state index in [0.717, 1.165) is 39.0 Å². The number of allylic oxidation sites excluding steroid dienone is 1. The van der Waals surface area contributed by atoms with Crippen molar-refractivity contribution in [3.63, 3.8) is 0 Å². The van der Waals surface area contributed by atoms with Gasteiger partial charge in [-0.2, -0.15) is 15.0 Å². The van der Waals surface area contributed by atoms with Crippen LogP contribution in [-0.2, 0) is 0 Å². The van der Waals surface area contributed by atoms with Crippen molar-refractivity contribution in [3.05, 3.63) is 36.2 Å². The standard InChI is InChI=1S/C24H34FN7O/c1-3-32-13-7-10-19(32)16-27-23-29-22(26-15-17-8-5-4-6-9-17)30-24(31-23)28-18-11-12-21(33-2)20(25)14-18/h5,8,11-12,14,17,19H,3-4,6-7,9-10,13,15-16H2,1-2H3,(H3,26,27,28,29,30,31). The van der Waals surface area contributed by atoms with E-state index in [0.29, 0.717) is 35.5 Å². The van der Waals surface area contributed by atoms with Crippen LogP contribution < -0.4 is 20.7 Å². The number of benzene rings is 1. The van der Waals surface area contributed by atoms with Gasteiger partial charge in [0.25, 0.3) is 0 Å². The van der Waals surface area contributed by atoms with Crippen LogP contribution in [0.1, 0.15) is 39.0 Å². The lowest BCUT2D eigenvalue weighted by atomic mass is 9.96. The number of methoxy groups -OCH3 is 1. The average Bonchev–Trinajstić information content (AvgIpc) is 3.30. The minimum atomic E-state index is -0.446. The molecule has 178 valence electrons. The molecule has 0 radical (unpaired) electrons. The molecule has 0 spiro atoms. The third kappa shape index (κ3) is 6.31. The molecule has 1 aliphatic heterocycles. The summed E-state index contributed by atoms with van der Waals surface area (Å²) >= 11 is 0. The first kappa shape index (κ1) is 23.2. The Bertz CT molecular complexity index is 954. The van der Waals surface area contributed by atoms with Crippen LogP contribution in [0.3, 0.4) is 0 Å². The fourth-order valence-corrected chi connectivity index (χ4v) is 4.49. The van der Waals surface area contributed by atoms with Crippen LogP contribution in [0.5, 0.6) is 5.75 Å². The van der Waals surface area contributed by atoms with Gasteiger partial charge in [-0.3, -0.25) is 4.90 Å². The van der Waals surface area contributed by atoms with Gasteiger partial charge in [0.15, 0.2) is 11.6 Å². The van der Waals surface area contributed by atoms with Crippen LogP contribution in [0, 0.1) is 11.7 Å². The third-order valence-corrected chi connectivity index (χ3v) is 6.32. The Kier molecular flexibility index (Phi) is 7.93. The Morgan fingerprint density at radius 2 is 1.85 bits per heavy atom. The molecule has 3 N–H and O–H groups in total. The summed E-state index contributed by atoms with van der Waals surface area (Å²) in [6.07, 6.45) is 10.4. The zero-order chi connectivity index (χ0) is 23.0. The molecule has 9 heteroatoms. The van der Waals surface area contributed by atoms with Gasteiger partial charge >= 0.3 is 0 Å². The summed E-state index contributed by atoms with van der Waals surface area (Å²) in [5, 5.41) is 9.85. The summed E-state index contributed by atoms with van der Waals surface area (Å²) in [6.45, 7) is 5.92. The first-order valence-corrected chi connectivity index (χ1v) is 11.9. The number of rotatable bonds is 10. The summed E-state index contributed by atoms with van der Waals surface area (Å²) in [7, 11) is 1.44. The molecule has 4 rings (SSSR count). The highest BCUT2D eigenvalue weighted by atomic mass is 19.1. The summed E-state index contributed by atoms with van der Waals surface area (Å²) in [4.78, 5) is 16.1. The molecule has 0 amide bonds. The van der Waals surface area contributed by atoms with Gasteiger partial charge < -0.3 is 20.7 Å². The maximum Gasteiger partial charge on any atom is 0.233 e. The maximum absolute atomic E-state index is 14.1. The molecule has 33 heavy (non-hydrogen) atoms. The van der Waals surface area contributed by atoms with E-state index < -0.39 is 5.82 Å². The minimum Gasteiger partial charge on any atom is -0.494 e. The van der Waals surface area contributed by atoms with Gasteiger partial charge in [0.1, 0.15) is 0 Å². The van der Waals surface area contributed by atoms with Crippen LogP contribution in [0.2, 0.25) is 0 Å². The van der Waals surface area contributed by atoms with E-state index in [1.54, 1.807) is 12.1 Å². The molecule has 1 aliphatic carbocycles. The van der Waals surface area contributed by atoms with Crippen molar-refractivity contribution in [2.75, 3.05) is 49.2 Å². The summed E-state index contributed by atoms with van der Waals surface area (Å²) in [5.41, 5.74) is 0.541. The quantitative estimate of drug-likeness (QED) is 0.454. The van der Waals surface area contributed by atoms with Crippen molar-refractivity contribution in [3.8, 4) is 5.75 Å². The molecule has 2 aliphatic rings. The second-order valence-corrected chi connectivity index (χ2v) is 8.59. The Labute approximate surface area is 195 Å². The Balaban J connectivity index is 1.49. The highest BCUT2D eigenvalue weighted by Crippen LogP contribution is 2.24. The van der Waals surface area contributed by atoms with Gasteiger partial charge in [-0.25, -0.2) is 4.39 Å². The number of hydrogen-bond acceptors (Lipinski definition) is 8. The normalized spacial score (nSPS) is 20.6. The molecule has 1 fully saturated rings. The van der Waals surface area contributed by atoms with Gasteiger partial charge in [-0.15, -0.1) is 0 Å². The smallest absolute Gasteiger partial charge is 0.233 e. The molecule has 2 heterocycles. The van der Waals surface area contributed by atoms with E-state index in [1.165, 1.54) is 32.4 Å². The van der Waals surface area contributed by atoms with Crippen molar-refractivity contribution in [1.29, 1.82) is 0 Å². The van der Waals surface area contributed by atoms with Crippen molar-refractivity contribution >= 4 is 23.5 Å². The van der Waals surface area contributed by atoms with Crippen LogP contribution in [0.25, 0.3) is 0 Å². The van der Waals surface area contributed by atoms with Crippen LogP contribution in [0.4, 0.5) is 27.9 Å². The van der Waals surface area contributed by atoms with Gasteiger partial charge in [0, 0.05) is 30.9 Å².